The van der Waals surface area contributed by atoms with Crippen molar-refractivity contribution >= 4 is 17.3 Å². The highest BCUT2D eigenvalue weighted by Gasteiger charge is 2.20. The molecule has 0 aromatic heterocycles. The molecular weight excluding hydrogens is 152 g/mol. The van der Waals surface area contributed by atoms with E-state index >= 15 is 0 Å². The van der Waals surface area contributed by atoms with Gasteiger partial charge in [0.15, 0.2) is 11.6 Å². The summed E-state index contributed by atoms with van der Waals surface area (Å²) in [4.78, 5) is 10.3. The van der Waals surface area contributed by atoms with Gasteiger partial charge in [0.05, 0.1) is 5.71 Å². The van der Waals surface area contributed by atoms with Crippen molar-refractivity contribution in [1.82, 2.24) is 0 Å². The van der Waals surface area contributed by atoms with Crippen LogP contribution in [0.5, 0.6) is 0 Å². The summed E-state index contributed by atoms with van der Waals surface area (Å²) in [6.07, 6.45) is 0. The van der Waals surface area contributed by atoms with Crippen LogP contribution in [0.1, 0.15) is 5.56 Å². The van der Waals surface area contributed by atoms with Crippen LogP contribution < -0.4 is 5.32 Å². The molecule has 2 N–H and O–H groups in total. The third kappa shape index (κ3) is 0.775. The van der Waals surface area contributed by atoms with Gasteiger partial charge in [0, 0.05) is 11.3 Å². The molecule has 0 bridgehead atoms. The molecule has 0 saturated carbocycles. The Morgan fingerprint density at radius 2 is 2.08 bits per heavy atom. The predicted molar refractivity (Wildman–Crippen MR) is 46.1 cm³/mol. The van der Waals surface area contributed by atoms with Gasteiger partial charge in [-0.1, -0.05) is 18.2 Å². The van der Waals surface area contributed by atoms with Gasteiger partial charge < -0.3 is 5.32 Å². The number of fused-ring (bicyclic) bond motifs is 1. The summed E-state index contributed by atoms with van der Waals surface area (Å²) in [7, 11) is 0. The first kappa shape index (κ1) is 6.83. The van der Waals surface area contributed by atoms with E-state index in [4.69, 9.17) is 5.41 Å². The molecule has 0 atom stereocenters. The van der Waals surface area contributed by atoms with Crippen LogP contribution in [-0.4, -0.2) is 11.7 Å². The van der Waals surface area contributed by atoms with Gasteiger partial charge in [-0.3, -0.25) is 5.41 Å². The number of benzene rings is 1. The molecule has 2 rings (SSSR count). The SMILES string of the molecule is N=C1C(=C=O)Nc2ccccc21. The average Bonchev–Trinajstić information content (AvgIpc) is 2.44. The van der Waals surface area contributed by atoms with Gasteiger partial charge in [0.1, 0.15) is 0 Å². The molecule has 0 aliphatic carbocycles. The van der Waals surface area contributed by atoms with Crippen LogP contribution in [0.4, 0.5) is 5.69 Å². The second kappa shape index (κ2) is 2.32. The molecule has 1 aliphatic heterocycles. The lowest BCUT2D eigenvalue weighted by Crippen LogP contribution is -2.00. The molecule has 1 aromatic carbocycles. The minimum Gasteiger partial charge on any atom is -0.344 e. The van der Waals surface area contributed by atoms with E-state index in [0.29, 0.717) is 0 Å². The fourth-order valence-corrected chi connectivity index (χ4v) is 1.22. The van der Waals surface area contributed by atoms with Crippen molar-refractivity contribution in [3.63, 3.8) is 0 Å². The first-order chi connectivity index (χ1) is 5.83. The highest BCUT2D eigenvalue weighted by Crippen LogP contribution is 2.25. The van der Waals surface area contributed by atoms with Crippen LogP contribution >= 0.6 is 0 Å². The average molecular weight is 158 g/mol. The normalized spacial score (nSPS) is 13.7. The maximum absolute atomic E-state index is 10.3. The van der Waals surface area contributed by atoms with E-state index in [2.05, 4.69) is 5.32 Å². The molecule has 12 heavy (non-hydrogen) atoms. The smallest absolute Gasteiger partial charge is 0.152 e. The zero-order valence-electron chi connectivity index (χ0n) is 6.22. The third-order valence-electron chi connectivity index (χ3n) is 1.81. The number of allylic oxidation sites excluding steroid dienone is 1. The topological polar surface area (TPSA) is 53.0 Å². The maximum Gasteiger partial charge on any atom is 0.152 e. The zero-order valence-corrected chi connectivity index (χ0v) is 6.22. The van der Waals surface area contributed by atoms with Gasteiger partial charge in [-0.25, -0.2) is 4.79 Å². The summed E-state index contributed by atoms with van der Waals surface area (Å²) in [5, 5.41) is 10.3. The number of hydrogen-bond donors (Lipinski definition) is 2. The Labute approximate surface area is 69.2 Å². The Morgan fingerprint density at radius 1 is 1.33 bits per heavy atom. The Bertz CT molecular complexity index is 403. The van der Waals surface area contributed by atoms with Gasteiger partial charge in [0.2, 0.25) is 0 Å². The lowest BCUT2D eigenvalue weighted by atomic mass is 10.1. The molecular formula is C9H6N2O. The van der Waals surface area contributed by atoms with Crippen molar-refractivity contribution in [3.05, 3.63) is 35.5 Å². The minimum atomic E-state index is 0.219. The van der Waals surface area contributed by atoms with E-state index in [9.17, 15) is 4.79 Å². The first-order valence-corrected chi connectivity index (χ1v) is 3.53. The zero-order chi connectivity index (χ0) is 8.55. The predicted octanol–water partition coefficient (Wildman–Crippen LogP) is 1.20. The molecule has 0 saturated heterocycles. The lowest BCUT2D eigenvalue weighted by Gasteiger charge is -1.93. The van der Waals surface area contributed by atoms with Gasteiger partial charge in [-0.2, -0.15) is 0 Å². The van der Waals surface area contributed by atoms with E-state index in [0.717, 1.165) is 11.3 Å². The van der Waals surface area contributed by atoms with E-state index in [1.807, 2.05) is 18.2 Å². The molecule has 3 nitrogen and oxygen atoms in total. The summed E-state index contributed by atoms with van der Waals surface area (Å²) >= 11 is 0. The van der Waals surface area contributed by atoms with Crippen LogP contribution in [-0.2, 0) is 4.79 Å². The van der Waals surface area contributed by atoms with Crippen molar-refractivity contribution in [2.24, 2.45) is 0 Å². The number of anilines is 1. The minimum absolute atomic E-state index is 0.219. The van der Waals surface area contributed by atoms with E-state index in [1.54, 1.807) is 12.0 Å². The van der Waals surface area contributed by atoms with Crippen molar-refractivity contribution in [2.45, 2.75) is 0 Å². The quantitative estimate of drug-likeness (QED) is 0.557. The van der Waals surface area contributed by atoms with Crippen molar-refractivity contribution in [2.75, 3.05) is 5.32 Å². The van der Waals surface area contributed by atoms with Crippen LogP contribution in [0, 0.1) is 5.41 Å². The fraction of sp³-hybridized carbons (Fsp3) is 0. The summed E-state index contributed by atoms with van der Waals surface area (Å²) in [6, 6.07) is 7.32. The van der Waals surface area contributed by atoms with E-state index in [-0.39, 0.29) is 11.4 Å². The molecule has 0 spiro atoms. The Kier molecular flexibility index (Phi) is 1.32. The van der Waals surface area contributed by atoms with Crippen molar-refractivity contribution in [1.29, 1.82) is 5.41 Å². The molecule has 0 amide bonds. The molecule has 0 radical (unpaired) electrons. The van der Waals surface area contributed by atoms with Gasteiger partial charge in [-0.05, 0) is 6.07 Å². The standard InChI is InChI=1S/C9H6N2O/c10-9-6-3-1-2-4-7(6)11-8(9)5-12/h1-4,10-11H. The molecule has 0 fully saturated rings. The summed E-state index contributed by atoms with van der Waals surface area (Å²) in [5.74, 6) is 1.69. The Morgan fingerprint density at radius 3 is 2.75 bits per heavy atom. The molecule has 1 aliphatic rings. The van der Waals surface area contributed by atoms with Gasteiger partial charge in [-0.15, -0.1) is 0 Å². The second-order valence-corrected chi connectivity index (χ2v) is 2.52. The van der Waals surface area contributed by atoms with E-state index < -0.39 is 0 Å². The molecule has 1 heterocycles. The monoisotopic (exact) mass is 158 g/mol. The molecule has 1 aromatic rings. The third-order valence-corrected chi connectivity index (χ3v) is 1.81. The van der Waals surface area contributed by atoms with Gasteiger partial charge >= 0.3 is 0 Å². The number of carbonyl (C=O) groups excluding carboxylic acids is 1. The fourth-order valence-electron chi connectivity index (χ4n) is 1.22. The molecule has 0 unspecified atom stereocenters. The largest absolute Gasteiger partial charge is 0.344 e. The maximum atomic E-state index is 10.3. The van der Waals surface area contributed by atoms with Crippen LogP contribution in [0.3, 0.4) is 0 Å². The van der Waals surface area contributed by atoms with Crippen LogP contribution in [0.2, 0.25) is 0 Å². The first-order valence-electron chi connectivity index (χ1n) is 3.53. The van der Waals surface area contributed by atoms with E-state index in [1.165, 1.54) is 0 Å². The second-order valence-electron chi connectivity index (χ2n) is 2.52. The summed E-state index contributed by atoms with van der Waals surface area (Å²) in [5.41, 5.74) is 2.01. The molecule has 58 valence electrons. The summed E-state index contributed by atoms with van der Waals surface area (Å²) in [6.45, 7) is 0. The Hall–Kier alpha value is -1.86. The van der Waals surface area contributed by atoms with Crippen molar-refractivity contribution < 1.29 is 4.79 Å². The number of para-hydroxylation sites is 1. The molecule has 3 heteroatoms. The van der Waals surface area contributed by atoms with Gasteiger partial charge in [0.25, 0.3) is 0 Å². The number of rotatable bonds is 0. The summed E-state index contributed by atoms with van der Waals surface area (Å²) < 4.78 is 0. The van der Waals surface area contributed by atoms with Crippen LogP contribution in [0.25, 0.3) is 0 Å². The highest BCUT2D eigenvalue weighted by atomic mass is 16.1. The van der Waals surface area contributed by atoms with Crippen LogP contribution in [0.15, 0.2) is 30.0 Å². The number of hydrogen-bond acceptors (Lipinski definition) is 3. The van der Waals surface area contributed by atoms with Crippen molar-refractivity contribution in [3.8, 4) is 0 Å². The lowest BCUT2D eigenvalue weighted by molar-refractivity contribution is 0.568. The number of nitrogens with one attached hydrogen (secondary N) is 2. The Balaban J connectivity index is 2.64. The highest BCUT2D eigenvalue weighted by molar-refractivity contribution is 6.23.